The summed E-state index contributed by atoms with van der Waals surface area (Å²) in [5.74, 6) is 2.02. The maximum Gasteiger partial charge on any atom is 0.168 e. The number of carbonyl (C=O) groups is 1. The van der Waals surface area contributed by atoms with E-state index in [9.17, 15) is 9.00 Å². The van der Waals surface area contributed by atoms with Gasteiger partial charge in [-0.1, -0.05) is 31.1 Å². The van der Waals surface area contributed by atoms with Crippen molar-refractivity contribution in [1.82, 2.24) is 5.16 Å². The van der Waals surface area contributed by atoms with Gasteiger partial charge in [0.2, 0.25) is 0 Å². The van der Waals surface area contributed by atoms with Gasteiger partial charge >= 0.3 is 0 Å². The summed E-state index contributed by atoms with van der Waals surface area (Å²) < 4.78 is 22.1. The van der Waals surface area contributed by atoms with Crippen LogP contribution in [0.3, 0.4) is 0 Å². The lowest BCUT2D eigenvalue weighted by Crippen LogP contribution is -2.27. The molecule has 1 aliphatic carbocycles. The fourth-order valence-electron chi connectivity index (χ4n) is 3.12. The smallest absolute Gasteiger partial charge is 0.168 e. The van der Waals surface area contributed by atoms with Crippen molar-refractivity contribution in [1.29, 1.82) is 0 Å². The molecule has 1 aromatic carbocycles. The van der Waals surface area contributed by atoms with Crippen molar-refractivity contribution in [2.75, 3.05) is 18.6 Å². The number of carbonyl (C=O) groups excluding carboxylic acids is 1. The van der Waals surface area contributed by atoms with Gasteiger partial charge in [0.15, 0.2) is 11.5 Å². The van der Waals surface area contributed by atoms with E-state index in [0.717, 1.165) is 23.4 Å². The maximum atomic E-state index is 12.5. The van der Waals surface area contributed by atoms with E-state index in [1.807, 2.05) is 24.3 Å². The van der Waals surface area contributed by atoms with E-state index >= 15 is 0 Å². The van der Waals surface area contributed by atoms with Crippen LogP contribution in [-0.2, 0) is 23.6 Å². The highest BCUT2D eigenvalue weighted by Crippen LogP contribution is 2.36. The van der Waals surface area contributed by atoms with Crippen molar-refractivity contribution >= 4 is 16.6 Å². The van der Waals surface area contributed by atoms with Crippen LogP contribution in [0, 0.1) is 5.41 Å². The Hall–Kier alpha value is -1.95. The van der Waals surface area contributed by atoms with Crippen LogP contribution in [0.5, 0.6) is 5.75 Å². The molecule has 1 aromatic heterocycles. The van der Waals surface area contributed by atoms with Crippen molar-refractivity contribution in [2.45, 2.75) is 33.1 Å². The summed E-state index contributed by atoms with van der Waals surface area (Å²) in [5.41, 5.74) is 2.43. The quantitative estimate of drug-likeness (QED) is 0.790. The SMILES string of the molecule is CS(=O)CCOc1ccc(Cc2onc3c2C(=O)CC(C)(C)C3)cc1. The number of ketones is 1. The topological polar surface area (TPSA) is 69.4 Å². The summed E-state index contributed by atoms with van der Waals surface area (Å²) in [6.45, 7) is 4.59. The first kappa shape index (κ1) is 17.9. The number of hydrogen-bond acceptors (Lipinski definition) is 5. The van der Waals surface area contributed by atoms with Gasteiger partial charge in [-0.2, -0.15) is 0 Å². The number of ether oxygens (including phenoxy) is 1. The minimum absolute atomic E-state index is 0.0562. The molecular weight excluding hydrogens is 338 g/mol. The van der Waals surface area contributed by atoms with E-state index in [2.05, 4.69) is 19.0 Å². The van der Waals surface area contributed by atoms with Crippen LogP contribution in [-0.4, -0.2) is 33.8 Å². The zero-order chi connectivity index (χ0) is 18.0. The summed E-state index contributed by atoms with van der Waals surface area (Å²) in [7, 11) is -0.852. The Morgan fingerprint density at radius 2 is 1.96 bits per heavy atom. The monoisotopic (exact) mass is 361 g/mol. The van der Waals surface area contributed by atoms with E-state index in [1.165, 1.54) is 0 Å². The van der Waals surface area contributed by atoms with Crippen LogP contribution >= 0.6 is 0 Å². The number of aromatic nitrogens is 1. The van der Waals surface area contributed by atoms with E-state index in [4.69, 9.17) is 9.26 Å². The van der Waals surface area contributed by atoms with Gasteiger partial charge in [0, 0.05) is 29.9 Å². The number of benzene rings is 1. The molecule has 0 radical (unpaired) electrons. The Morgan fingerprint density at radius 3 is 2.64 bits per heavy atom. The average Bonchev–Trinajstić information content (AvgIpc) is 2.90. The van der Waals surface area contributed by atoms with Gasteiger partial charge in [-0.25, -0.2) is 0 Å². The predicted octanol–water partition coefficient (Wildman–Crippen LogP) is 3.18. The highest BCUT2D eigenvalue weighted by Gasteiger charge is 2.35. The van der Waals surface area contributed by atoms with Crippen molar-refractivity contribution in [3.63, 3.8) is 0 Å². The minimum Gasteiger partial charge on any atom is -0.493 e. The van der Waals surface area contributed by atoms with E-state index in [1.54, 1.807) is 6.26 Å². The first-order valence-corrected chi connectivity index (χ1v) is 10.1. The molecule has 1 aliphatic rings. The second kappa shape index (κ2) is 7.12. The van der Waals surface area contributed by atoms with Gasteiger partial charge in [-0.05, 0) is 29.5 Å². The van der Waals surface area contributed by atoms with Crippen molar-refractivity contribution < 1.29 is 18.3 Å². The number of Topliss-reactive ketones (excluding diaryl/α,β-unsaturated/α-hetero) is 1. The number of fused-ring (bicyclic) bond motifs is 1. The lowest BCUT2D eigenvalue weighted by Gasteiger charge is -2.26. The highest BCUT2D eigenvalue weighted by atomic mass is 32.2. The van der Waals surface area contributed by atoms with E-state index in [-0.39, 0.29) is 11.2 Å². The summed E-state index contributed by atoms with van der Waals surface area (Å²) >= 11 is 0. The van der Waals surface area contributed by atoms with Gasteiger partial charge in [0.25, 0.3) is 0 Å². The Labute approximate surface area is 150 Å². The number of hydrogen-bond donors (Lipinski definition) is 0. The largest absolute Gasteiger partial charge is 0.493 e. The molecule has 0 saturated carbocycles. The Bertz CT molecular complexity index is 792. The molecule has 1 atom stereocenters. The van der Waals surface area contributed by atoms with Gasteiger partial charge in [-0.3, -0.25) is 9.00 Å². The third kappa shape index (κ3) is 4.37. The minimum atomic E-state index is -0.852. The Kier molecular flexibility index (Phi) is 5.08. The molecule has 0 N–H and O–H groups in total. The van der Waals surface area contributed by atoms with E-state index < -0.39 is 10.8 Å². The Balaban J connectivity index is 1.69. The molecular formula is C19H23NO4S. The molecule has 5 nitrogen and oxygen atoms in total. The molecule has 0 amide bonds. The van der Waals surface area contributed by atoms with Crippen LogP contribution in [0.25, 0.3) is 0 Å². The fourth-order valence-corrected chi connectivity index (χ4v) is 3.44. The molecule has 3 rings (SSSR count). The van der Waals surface area contributed by atoms with Crippen molar-refractivity contribution in [3.05, 3.63) is 46.8 Å². The molecule has 1 unspecified atom stereocenters. The molecule has 134 valence electrons. The van der Waals surface area contributed by atoms with Gasteiger partial charge in [0.05, 0.1) is 23.6 Å². The first-order valence-electron chi connectivity index (χ1n) is 8.36. The van der Waals surface area contributed by atoms with E-state index in [0.29, 0.717) is 36.5 Å². The van der Waals surface area contributed by atoms with Crippen LogP contribution in [0.2, 0.25) is 0 Å². The van der Waals surface area contributed by atoms with Crippen LogP contribution in [0.4, 0.5) is 0 Å². The van der Waals surface area contributed by atoms with Gasteiger partial charge in [0.1, 0.15) is 5.75 Å². The maximum absolute atomic E-state index is 12.5. The second-order valence-corrected chi connectivity index (χ2v) is 8.87. The zero-order valence-corrected chi connectivity index (χ0v) is 15.6. The molecule has 0 saturated heterocycles. The molecule has 0 aliphatic heterocycles. The van der Waals surface area contributed by atoms with Gasteiger partial charge in [-0.15, -0.1) is 0 Å². The van der Waals surface area contributed by atoms with Crippen molar-refractivity contribution in [3.8, 4) is 5.75 Å². The lowest BCUT2D eigenvalue weighted by molar-refractivity contribution is 0.0911. The molecule has 0 bridgehead atoms. The van der Waals surface area contributed by atoms with Crippen molar-refractivity contribution in [2.24, 2.45) is 5.41 Å². The molecule has 6 heteroatoms. The molecule has 25 heavy (non-hydrogen) atoms. The van der Waals surface area contributed by atoms with Gasteiger partial charge < -0.3 is 9.26 Å². The number of nitrogens with zero attached hydrogens (tertiary/aromatic N) is 1. The molecule has 2 aromatic rings. The van der Waals surface area contributed by atoms with Crippen LogP contribution in [0.15, 0.2) is 28.8 Å². The summed E-state index contributed by atoms with van der Waals surface area (Å²) in [6.07, 6.45) is 3.49. The molecule has 1 heterocycles. The fraction of sp³-hybridized carbons (Fsp3) is 0.474. The zero-order valence-electron chi connectivity index (χ0n) is 14.8. The summed E-state index contributed by atoms with van der Waals surface area (Å²) in [4.78, 5) is 12.5. The average molecular weight is 361 g/mol. The first-order chi connectivity index (χ1) is 11.8. The van der Waals surface area contributed by atoms with Crippen LogP contribution < -0.4 is 4.74 Å². The summed E-state index contributed by atoms with van der Waals surface area (Å²) in [5, 5.41) is 4.12. The number of rotatable bonds is 6. The Morgan fingerprint density at radius 1 is 1.24 bits per heavy atom. The van der Waals surface area contributed by atoms with Crippen LogP contribution in [0.1, 0.15) is 47.6 Å². The third-order valence-corrected chi connectivity index (χ3v) is 5.07. The standard InChI is InChI=1S/C19H23NO4S/c1-19(2)11-15-18(16(21)12-19)17(24-20-15)10-13-4-6-14(7-5-13)23-8-9-25(3)22/h4-7H,8-12H2,1-3H3. The second-order valence-electron chi connectivity index (χ2n) is 7.31. The third-order valence-electron chi connectivity index (χ3n) is 4.32. The molecule has 0 fully saturated rings. The predicted molar refractivity (Wildman–Crippen MR) is 96.6 cm³/mol. The summed E-state index contributed by atoms with van der Waals surface area (Å²) in [6, 6.07) is 7.65. The highest BCUT2D eigenvalue weighted by molar-refractivity contribution is 7.84. The lowest BCUT2D eigenvalue weighted by atomic mass is 9.75. The normalized spacial score (nSPS) is 17.2. The molecule has 0 spiro atoms.